The molecular weight excluding hydrogens is 282 g/mol. The number of hydrogen-bond acceptors (Lipinski definition) is 4. The van der Waals surface area contributed by atoms with Gasteiger partial charge in [0.15, 0.2) is 0 Å². The Bertz CT molecular complexity index is 633. The number of carbonyl (C=O) groups excluding carboxylic acids is 1. The van der Waals surface area contributed by atoms with Crippen LogP contribution in [-0.4, -0.2) is 19.1 Å². The van der Waals surface area contributed by atoms with E-state index in [1.807, 2.05) is 24.3 Å². The van der Waals surface area contributed by atoms with E-state index in [0.717, 1.165) is 18.0 Å². The number of rotatable bonds is 4. The third kappa shape index (κ3) is 3.22. The molecule has 0 saturated carbocycles. The number of carbonyl (C=O) groups is 1. The van der Waals surface area contributed by atoms with E-state index in [4.69, 9.17) is 0 Å². The number of carboxylic acid groups (broad SMARTS) is 1. The van der Waals surface area contributed by atoms with E-state index in [9.17, 15) is 9.90 Å². The molecule has 1 saturated heterocycles. The van der Waals surface area contributed by atoms with Crippen LogP contribution in [0.1, 0.15) is 23.2 Å². The maximum absolute atomic E-state index is 11.1. The van der Waals surface area contributed by atoms with E-state index in [2.05, 4.69) is 17.0 Å². The average Bonchev–Trinajstić information content (AvgIpc) is 3.03. The molecule has 1 fully saturated rings. The quantitative estimate of drug-likeness (QED) is 0.870. The summed E-state index contributed by atoms with van der Waals surface area (Å²) in [6, 6.07) is 15.2. The lowest BCUT2D eigenvalue weighted by molar-refractivity contribution is -0.255. The van der Waals surface area contributed by atoms with Gasteiger partial charge in [-0.1, -0.05) is 30.0 Å². The third-order valence-corrected chi connectivity index (χ3v) is 4.73. The Kier molecular flexibility index (Phi) is 4.15. The summed E-state index contributed by atoms with van der Waals surface area (Å²) in [6.45, 7) is 2.25. The summed E-state index contributed by atoms with van der Waals surface area (Å²) < 4.78 is 0. The Hall–Kier alpha value is -1.94. The van der Waals surface area contributed by atoms with Crippen molar-refractivity contribution in [1.82, 2.24) is 0 Å². The van der Waals surface area contributed by atoms with Crippen LogP contribution >= 0.6 is 11.8 Å². The molecular formula is C17H16NO2S-. The SMILES string of the molecule is O=C([O-])c1ccccc1Sc1ccc(N2CCCC2)cc1. The molecule has 4 heteroatoms. The molecule has 1 heterocycles. The second-order valence-electron chi connectivity index (χ2n) is 5.07. The molecule has 3 rings (SSSR count). The Labute approximate surface area is 128 Å². The van der Waals surface area contributed by atoms with E-state index < -0.39 is 5.97 Å². The Morgan fingerprint density at radius 2 is 1.67 bits per heavy atom. The third-order valence-electron chi connectivity index (χ3n) is 3.64. The minimum Gasteiger partial charge on any atom is -0.545 e. The van der Waals surface area contributed by atoms with E-state index in [1.165, 1.54) is 30.3 Å². The largest absolute Gasteiger partial charge is 0.545 e. The van der Waals surface area contributed by atoms with Crippen LogP contribution in [0, 0.1) is 0 Å². The first-order valence-electron chi connectivity index (χ1n) is 7.07. The van der Waals surface area contributed by atoms with Gasteiger partial charge < -0.3 is 14.8 Å². The van der Waals surface area contributed by atoms with Gasteiger partial charge in [0.25, 0.3) is 0 Å². The molecule has 0 bridgehead atoms. The summed E-state index contributed by atoms with van der Waals surface area (Å²) in [5.74, 6) is -1.13. The summed E-state index contributed by atoms with van der Waals surface area (Å²) in [5.41, 5.74) is 1.48. The molecule has 0 aliphatic carbocycles. The smallest absolute Gasteiger partial charge is 0.0726 e. The van der Waals surface area contributed by atoms with Crippen LogP contribution in [0.3, 0.4) is 0 Å². The summed E-state index contributed by atoms with van der Waals surface area (Å²) in [5, 5.41) is 11.1. The first-order valence-corrected chi connectivity index (χ1v) is 7.89. The van der Waals surface area contributed by atoms with Crippen molar-refractivity contribution in [2.45, 2.75) is 22.6 Å². The maximum atomic E-state index is 11.1. The molecule has 2 aromatic rings. The van der Waals surface area contributed by atoms with E-state index >= 15 is 0 Å². The number of benzene rings is 2. The molecule has 0 unspecified atom stereocenters. The fraction of sp³-hybridized carbons (Fsp3) is 0.235. The first-order chi connectivity index (χ1) is 10.2. The highest BCUT2D eigenvalue weighted by atomic mass is 32.2. The number of carboxylic acids is 1. The Balaban J connectivity index is 1.77. The lowest BCUT2D eigenvalue weighted by atomic mass is 10.2. The van der Waals surface area contributed by atoms with Gasteiger partial charge in [0.1, 0.15) is 0 Å². The van der Waals surface area contributed by atoms with Crippen molar-refractivity contribution in [2.24, 2.45) is 0 Å². The van der Waals surface area contributed by atoms with Gasteiger partial charge in [0.2, 0.25) is 0 Å². The van der Waals surface area contributed by atoms with Crippen molar-refractivity contribution in [3.8, 4) is 0 Å². The molecule has 1 aliphatic rings. The molecule has 3 nitrogen and oxygen atoms in total. The van der Waals surface area contributed by atoms with Crippen LogP contribution < -0.4 is 10.0 Å². The highest BCUT2D eigenvalue weighted by molar-refractivity contribution is 7.99. The molecule has 0 amide bonds. The molecule has 0 atom stereocenters. The topological polar surface area (TPSA) is 43.4 Å². The van der Waals surface area contributed by atoms with Crippen LogP contribution in [0.5, 0.6) is 0 Å². The summed E-state index contributed by atoms with van der Waals surface area (Å²) in [7, 11) is 0. The van der Waals surface area contributed by atoms with Gasteiger partial charge in [-0.15, -0.1) is 0 Å². The fourth-order valence-corrected chi connectivity index (χ4v) is 3.49. The minimum atomic E-state index is -1.13. The van der Waals surface area contributed by atoms with Crippen molar-refractivity contribution in [3.05, 3.63) is 54.1 Å². The molecule has 0 aromatic heterocycles. The predicted molar refractivity (Wildman–Crippen MR) is 82.8 cm³/mol. The number of hydrogen-bond donors (Lipinski definition) is 0. The van der Waals surface area contributed by atoms with Crippen molar-refractivity contribution < 1.29 is 9.90 Å². The molecule has 108 valence electrons. The Morgan fingerprint density at radius 1 is 1.00 bits per heavy atom. The first kappa shape index (κ1) is 14.0. The van der Waals surface area contributed by atoms with E-state index in [1.54, 1.807) is 12.1 Å². The predicted octanol–water partition coefficient (Wildman–Crippen LogP) is 2.80. The lowest BCUT2D eigenvalue weighted by Gasteiger charge is -2.17. The standard InChI is InChI=1S/C17H17NO2S/c19-17(20)15-5-1-2-6-16(15)21-14-9-7-13(8-10-14)18-11-3-4-12-18/h1-2,5-10H,3-4,11-12H2,(H,19,20)/p-1. The molecule has 0 radical (unpaired) electrons. The van der Waals surface area contributed by atoms with E-state index in [-0.39, 0.29) is 5.56 Å². The summed E-state index contributed by atoms with van der Waals surface area (Å²) in [6.07, 6.45) is 2.52. The monoisotopic (exact) mass is 298 g/mol. The van der Waals surface area contributed by atoms with Gasteiger partial charge in [-0.25, -0.2) is 0 Å². The molecule has 2 aromatic carbocycles. The van der Waals surface area contributed by atoms with Crippen molar-refractivity contribution in [2.75, 3.05) is 18.0 Å². The zero-order chi connectivity index (χ0) is 14.7. The van der Waals surface area contributed by atoms with E-state index in [0.29, 0.717) is 4.90 Å². The summed E-state index contributed by atoms with van der Waals surface area (Å²) >= 11 is 1.45. The highest BCUT2D eigenvalue weighted by Gasteiger charge is 2.12. The zero-order valence-corrected chi connectivity index (χ0v) is 12.4. The highest BCUT2D eigenvalue weighted by Crippen LogP contribution is 2.32. The zero-order valence-electron chi connectivity index (χ0n) is 11.6. The van der Waals surface area contributed by atoms with Crippen molar-refractivity contribution >= 4 is 23.4 Å². The maximum Gasteiger partial charge on any atom is 0.0726 e. The normalized spacial score (nSPS) is 14.4. The molecule has 1 aliphatic heterocycles. The van der Waals surface area contributed by atoms with Crippen LogP contribution in [0.25, 0.3) is 0 Å². The second-order valence-corrected chi connectivity index (χ2v) is 6.19. The van der Waals surface area contributed by atoms with Gasteiger partial charge in [-0.3, -0.25) is 0 Å². The second kappa shape index (κ2) is 6.22. The van der Waals surface area contributed by atoms with Crippen molar-refractivity contribution in [3.63, 3.8) is 0 Å². The van der Waals surface area contributed by atoms with Crippen molar-refractivity contribution in [1.29, 1.82) is 0 Å². The van der Waals surface area contributed by atoms with Gasteiger partial charge in [-0.2, -0.15) is 0 Å². The fourth-order valence-electron chi connectivity index (χ4n) is 2.55. The Morgan fingerprint density at radius 3 is 2.33 bits per heavy atom. The average molecular weight is 298 g/mol. The summed E-state index contributed by atoms with van der Waals surface area (Å²) in [4.78, 5) is 15.2. The number of aromatic carboxylic acids is 1. The van der Waals surface area contributed by atoms with Crippen LogP contribution in [-0.2, 0) is 0 Å². The van der Waals surface area contributed by atoms with Gasteiger partial charge in [-0.05, 0) is 43.2 Å². The number of anilines is 1. The molecule has 0 spiro atoms. The number of nitrogens with zero attached hydrogens (tertiary/aromatic N) is 1. The van der Waals surface area contributed by atoms with Gasteiger partial charge in [0, 0.05) is 34.1 Å². The lowest BCUT2D eigenvalue weighted by Crippen LogP contribution is -2.22. The molecule has 21 heavy (non-hydrogen) atoms. The molecule has 0 N–H and O–H groups in total. The van der Waals surface area contributed by atoms with Crippen LogP contribution in [0.2, 0.25) is 0 Å². The van der Waals surface area contributed by atoms with Crippen LogP contribution in [0.4, 0.5) is 5.69 Å². The van der Waals surface area contributed by atoms with Gasteiger partial charge >= 0.3 is 0 Å². The van der Waals surface area contributed by atoms with Crippen LogP contribution in [0.15, 0.2) is 58.3 Å². The minimum absolute atomic E-state index is 0.242. The van der Waals surface area contributed by atoms with Gasteiger partial charge in [0.05, 0.1) is 5.97 Å².